The summed E-state index contributed by atoms with van der Waals surface area (Å²) >= 11 is 0. The zero-order valence-electron chi connectivity index (χ0n) is 21.8. The van der Waals surface area contributed by atoms with Gasteiger partial charge in [0.1, 0.15) is 11.1 Å². The minimum absolute atomic E-state index is 0.105. The lowest BCUT2D eigenvalue weighted by Crippen LogP contribution is -2.49. The minimum Gasteiger partial charge on any atom is -0.444 e. The maximum Gasteiger partial charge on any atom is 0.410 e. The van der Waals surface area contributed by atoms with Crippen molar-refractivity contribution >= 4 is 33.2 Å². The summed E-state index contributed by atoms with van der Waals surface area (Å²) in [7, 11) is -3.82. The smallest absolute Gasteiger partial charge is 0.410 e. The van der Waals surface area contributed by atoms with E-state index in [9.17, 15) is 18.0 Å². The Morgan fingerprint density at radius 3 is 2.54 bits per heavy atom. The van der Waals surface area contributed by atoms with Gasteiger partial charge in [0.2, 0.25) is 5.91 Å². The predicted molar refractivity (Wildman–Crippen MR) is 138 cm³/mol. The molecule has 2 aromatic heterocycles. The van der Waals surface area contributed by atoms with E-state index in [4.69, 9.17) is 4.74 Å². The molecule has 198 valence electrons. The highest BCUT2D eigenvalue weighted by Gasteiger charge is 2.35. The molecule has 1 N–H and O–H groups in total. The van der Waals surface area contributed by atoms with Crippen LogP contribution in [0.3, 0.4) is 0 Å². The first-order valence-corrected chi connectivity index (χ1v) is 13.7. The predicted octanol–water partition coefficient (Wildman–Crippen LogP) is 3.49. The fourth-order valence-corrected chi connectivity index (χ4v) is 5.54. The van der Waals surface area contributed by atoms with E-state index in [1.54, 1.807) is 35.2 Å². The molecule has 0 saturated carbocycles. The molecule has 0 spiro atoms. The highest BCUT2D eigenvalue weighted by Crippen LogP contribution is 2.25. The van der Waals surface area contributed by atoms with Gasteiger partial charge in [-0.1, -0.05) is 24.6 Å². The zero-order chi connectivity index (χ0) is 27.0. The van der Waals surface area contributed by atoms with Gasteiger partial charge in [-0.05, 0) is 58.2 Å². The fraction of sp³-hybridized carbons (Fsp3) is 0.462. The summed E-state index contributed by atoms with van der Waals surface area (Å²) in [4.78, 5) is 36.0. The largest absolute Gasteiger partial charge is 0.444 e. The third kappa shape index (κ3) is 5.93. The van der Waals surface area contributed by atoms with Gasteiger partial charge in [0.25, 0.3) is 10.0 Å². The SMILES string of the molecule is Cc1ccc(S(=O)(=O)n2ccc3nc(CNC(=O)C4CN(C(=O)OC(C)(C)C)CCC4C)cnc32)cc1. The molecule has 2 unspecified atom stereocenters. The van der Waals surface area contributed by atoms with Gasteiger partial charge in [0.15, 0.2) is 5.65 Å². The Morgan fingerprint density at radius 1 is 1.16 bits per heavy atom. The minimum atomic E-state index is -3.82. The van der Waals surface area contributed by atoms with E-state index in [-0.39, 0.29) is 41.4 Å². The van der Waals surface area contributed by atoms with Gasteiger partial charge in [0, 0.05) is 19.3 Å². The Balaban J connectivity index is 1.44. The van der Waals surface area contributed by atoms with Crippen molar-refractivity contribution in [3.8, 4) is 0 Å². The number of piperidine rings is 1. The summed E-state index contributed by atoms with van der Waals surface area (Å²) in [5.74, 6) is -0.450. The molecule has 0 bridgehead atoms. The van der Waals surface area contributed by atoms with Crippen molar-refractivity contribution in [2.75, 3.05) is 13.1 Å². The summed E-state index contributed by atoms with van der Waals surface area (Å²) in [5.41, 5.74) is 1.48. The number of likely N-dealkylation sites (tertiary alicyclic amines) is 1. The highest BCUT2D eigenvalue weighted by molar-refractivity contribution is 7.90. The number of hydrogen-bond donors (Lipinski definition) is 1. The molecule has 37 heavy (non-hydrogen) atoms. The lowest BCUT2D eigenvalue weighted by Gasteiger charge is -2.36. The maximum absolute atomic E-state index is 13.1. The molecule has 1 aliphatic rings. The molecule has 4 rings (SSSR count). The lowest BCUT2D eigenvalue weighted by atomic mass is 9.86. The first-order valence-electron chi connectivity index (χ1n) is 12.3. The summed E-state index contributed by atoms with van der Waals surface area (Å²) < 4.78 is 32.7. The maximum atomic E-state index is 13.1. The van der Waals surface area contributed by atoms with E-state index in [0.29, 0.717) is 24.2 Å². The lowest BCUT2D eigenvalue weighted by molar-refractivity contribution is -0.128. The number of nitrogens with one attached hydrogen (secondary N) is 1. The van der Waals surface area contributed by atoms with Crippen LogP contribution in [0.4, 0.5) is 4.79 Å². The Bertz CT molecular complexity index is 1410. The summed E-state index contributed by atoms with van der Waals surface area (Å²) in [6.45, 7) is 10.3. The molecular formula is C26H33N5O5S. The van der Waals surface area contributed by atoms with Crippen LogP contribution in [-0.4, -0.2) is 57.9 Å². The number of amides is 2. The average molecular weight is 528 g/mol. The Morgan fingerprint density at radius 2 is 1.86 bits per heavy atom. The van der Waals surface area contributed by atoms with E-state index in [0.717, 1.165) is 9.54 Å². The first kappa shape index (κ1) is 26.6. The van der Waals surface area contributed by atoms with Crippen molar-refractivity contribution in [3.63, 3.8) is 0 Å². The number of ether oxygens (including phenoxy) is 1. The highest BCUT2D eigenvalue weighted by atomic mass is 32.2. The third-order valence-electron chi connectivity index (χ3n) is 6.37. The molecule has 0 radical (unpaired) electrons. The van der Waals surface area contributed by atoms with Crippen molar-refractivity contribution in [3.05, 3.63) is 54.0 Å². The first-order chi connectivity index (χ1) is 17.3. The summed E-state index contributed by atoms with van der Waals surface area (Å²) in [6.07, 6.45) is 3.17. The molecule has 2 atom stereocenters. The summed E-state index contributed by atoms with van der Waals surface area (Å²) in [6, 6.07) is 8.19. The molecular weight excluding hydrogens is 494 g/mol. The van der Waals surface area contributed by atoms with Gasteiger partial charge < -0.3 is 15.0 Å². The van der Waals surface area contributed by atoms with Gasteiger partial charge >= 0.3 is 6.09 Å². The molecule has 0 aliphatic carbocycles. The van der Waals surface area contributed by atoms with Crippen molar-refractivity contribution in [2.45, 2.75) is 58.1 Å². The Labute approximate surface area is 217 Å². The van der Waals surface area contributed by atoms with Crippen LogP contribution < -0.4 is 5.32 Å². The van der Waals surface area contributed by atoms with Gasteiger partial charge in [-0.3, -0.25) is 4.79 Å². The van der Waals surface area contributed by atoms with Gasteiger partial charge in [-0.25, -0.2) is 27.2 Å². The van der Waals surface area contributed by atoms with E-state index in [1.165, 1.54) is 12.4 Å². The standard InChI is InChI=1S/C26H33N5O5S/c1-17-6-8-20(9-7-17)37(34,35)31-13-11-22-23(31)27-14-19(29-22)15-28-24(32)21-16-30(12-10-18(21)2)25(33)36-26(3,4)5/h6-9,11,13-14,18,21H,10,12,15-16H2,1-5H3,(H,28,32). The van der Waals surface area contributed by atoms with Crippen LogP contribution in [0.15, 0.2) is 47.6 Å². The van der Waals surface area contributed by atoms with Gasteiger partial charge in [0.05, 0.1) is 29.2 Å². The Hall–Kier alpha value is -3.47. The van der Waals surface area contributed by atoms with Crippen molar-refractivity contribution in [1.29, 1.82) is 0 Å². The second-order valence-electron chi connectivity index (χ2n) is 10.5. The van der Waals surface area contributed by atoms with Crippen LogP contribution in [0.2, 0.25) is 0 Å². The zero-order valence-corrected chi connectivity index (χ0v) is 22.6. The van der Waals surface area contributed by atoms with Crippen molar-refractivity contribution < 1.29 is 22.7 Å². The quantitative estimate of drug-likeness (QED) is 0.539. The molecule has 10 nitrogen and oxygen atoms in total. The second-order valence-corrected chi connectivity index (χ2v) is 12.3. The molecule has 3 aromatic rings. The monoisotopic (exact) mass is 527 g/mol. The van der Waals surface area contributed by atoms with E-state index in [2.05, 4.69) is 15.3 Å². The number of aryl methyl sites for hydroxylation is 1. The molecule has 1 fully saturated rings. The van der Waals surface area contributed by atoms with Crippen LogP contribution in [0.25, 0.3) is 11.2 Å². The number of carbonyl (C=O) groups excluding carboxylic acids is 2. The van der Waals surface area contributed by atoms with E-state index < -0.39 is 21.7 Å². The van der Waals surface area contributed by atoms with Gasteiger partial charge in [-0.2, -0.15) is 0 Å². The molecule has 1 saturated heterocycles. The fourth-order valence-electron chi connectivity index (χ4n) is 4.24. The number of aromatic nitrogens is 3. The molecule has 1 aliphatic heterocycles. The second kappa shape index (κ2) is 10.1. The number of nitrogens with zero attached hydrogens (tertiary/aromatic N) is 4. The topological polar surface area (TPSA) is 123 Å². The van der Waals surface area contributed by atoms with Crippen molar-refractivity contribution in [2.24, 2.45) is 11.8 Å². The summed E-state index contributed by atoms with van der Waals surface area (Å²) in [5, 5.41) is 2.89. The van der Waals surface area contributed by atoms with E-state index >= 15 is 0 Å². The van der Waals surface area contributed by atoms with E-state index in [1.807, 2.05) is 34.6 Å². The Kier molecular flexibility index (Phi) is 7.27. The molecule has 2 amide bonds. The van der Waals surface area contributed by atoms with Crippen LogP contribution >= 0.6 is 0 Å². The van der Waals surface area contributed by atoms with Crippen molar-refractivity contribution in [1.82, 2.24) is 24.2 Å². The molecule has 1 aromatic carbocycles. The number of rotatable bonds is 5. The number of benzene rings is 1. The molecule has 11 heteroatoms. The van der Waals surface area contributed by atoms with Crippen LogP contribution in [0.1, 0.15) is 45.4 Å². The number of carbonyl (C=O) groups is 2. The van der Waals surface area contributed by atoms with Crippen LogP contribution in [-0.2, 0) is 26.1 Å². The van der Waals surface area contributed by atoms with Crippen LogP contribution in [0, 0.1) is 18.8 Å². The normalized spacial score (nSPS) is 18.6. The molecule has 3 heterocycles. The number of fused-ring (bicyclic) bond motifs is 1. The van der Waals surface area contributed by atoms with Gasteiger partial charge in [-0.15, -0.1) is 0 Å². The van der Waals surface area contributed by atoms with Crippen LogP contribution in [0.5, 0.6) is 0 Å². The third-order valence-corrected chi connectivity index (χ3v) is 8.05. The number of hydrogen-bond acceptors (Lipinski definition) is 7. The average Bonchev–Trinajstić information content (AvgIpc) is 3.26.